The predicted octanol–water partition coefficient (Wildman–Crippen LogP) is -0.232. The summed E-state index contributed by atoms with van der Waals surface area (Å²) < 4.78 is 23.0. The summed E-state index contributed by atoms with van der Waals surface area (Å²) in [7, 11) is -3.77. The van der Waals surface area contributed by atoms with E-state index in [1.54, 1.807) is 17.0 Å². The summed E-state index contributed by atoms with van der Waals surface area (Å²) in [4.78, 5) is 31.4. The number of nitriles is 1. The SMILES string of the molecule is CC1CC(C#N)N(C(=O)C(N)CN2C[C@@H]3CC2C(=O)N3C(C)c2ccc(S(N)(=O)=O)cc2)C1. The van der Waals surface area contributed by atoms with Crippen molar-refractivity contribution < 1.29 is 18.0 Å². The van der Waals surface area contributed by atoms with E-state index in [0.29, 0.717) is 25.9 Å². The lowest BCUT2D eigenvalue weighted by molar-refractivity contribution is -0.141. The van der Waals surface area contributed by atoms with Gasteiger partial charge in [0.25, 0.3) is 0 Å². The summed E-state index contributed by atoms with van der Waals surface area (Å²) in [5, 5.41) is 14.5. The normalized spacial score (nSPS) is 29.4. The third kappa shape index (κ3) is 4.36. The highest BCUT2D eigenvalue weighted by Gasteiger charge is 2.51. The van der Waals surface area contributed by atoms with Gasteiger partial charge in [0.1, 0.15) is 6.04 Å². The van der Waals surface area contributed by atoms with E-state index in [9.17, 15) is 23.3 Å². The molecule has 0 aromatic heterocycles. The van der Waals surface area contributed by atoms with Crippen molar-refractivity contribution in [3.05, 3.63) is 29.8 Å². The second-order valence-corrected chi connectivity index (χ2v) is 11.0. The highest BCUT2D eigenvalue weighted by atomic mass is 32.2. The number of amides is 2. The zero-order valence-electron chi connectivity index (χ0n) is 18.8. The number of piperazine rings is 1. The van der Waals surface area contributed by atoms with Gasteiger partial charge >= 0.3 is 0 Å². The molecule has 3 heterocycles. The molecule has 3 saturated heterocycles. The Balaban J connectivity index is 1.39. The van der Waals surface area contributed by atoms with Crippen LogP contribution in [-0.4, -0.2) is 78.7 Å². The molecule has 11 heteroatoms. The van der Waals surface area contributed by atoms with Crippen LogP contribution in [-0.2, 0) is 19.6 Å². The molecule has 2 amide bonds. The Bertz CT molecular complexity index is 1090. The van der Waals surface area contributed by atoms with Gasteiger partial charge in [-0.15, -0.1) is 0 Å². The summed E-state index contributed by atoms with van der Waals surface area (Å²) in [6.45, 7) is 5.36. The first kappa shape index (κ1) is 23.6. The lowest BCUT2D eigenvalue weighted by Crippen LogP contribution is -2.56. The molecule has 3 aliphatic heterocycles. The molecule has 0 aliphatic carbocycles. The number of hydrogen-bond acceptors (Lipinski definition) is 7. The Kier molecular flexibility index (Phi) is 6.22. The van der Waals surface area contributed by atoms with Gasteiger partial charge in [0.05, 0.1) is 29.1 Å². The van der Waals surface area contributed by atoms with Crippen molar-refractivity contribution >= 4 is 21.8 Å². The van der Waals surface area contributed by atoms with Crippen LogP contribution in [0.3, 0.4) is 0 Å². The average molecular weight is 475 g/mol. The van der Waals surface area contributed by atoms with Crippen molar-refractivity contribution in [3.8, 4) is 6.07 Å². The summed E-state index contributed by atoms with van der Waals surface area (Å²) >= 11 is 0. The molecule has 5 unspecified atom stereocenters. The number of carbonyl (C=O) groups is 2. The highest BCUT2D eigenvalue weighted by Crippen LogP contribution is 2.38. The maximum Gasteiger partial charge on any atom is 0.241 e. The van der Waals surface area contributed by atoms with Crippen molar-refractivity contribution in [2.75, 3.05) is 19.6 Å². The number of carbonyl (C=O) groups excluding carboxylic acids is 2. The number of nitrogens with two attached hydrogens (primary N) is 2. The van der Waals surface area contributed by atoms with Crippen molar-refractivity contribution in [2.45, 2.75) is 61.8 Å². The van der Waals surface area contributed by atoms with Crippen LogP contribution in [0, 0.1) is 17.2 Å². The van der Waals surface area contributed by atoms with E-state index < -0.39 is 22.1 Å². The number of hydrogen-bond donors (Lipinski definition) is 2. The van der Waals surface area contributed by atoms with Gasteiger partial charge in [-0.3, -0.25) is 14.5 Å². The van der Waals surface area contributed by atoms with Gasteiger partial charge in [-0.1, -0.05) is 19.1 Å². The van der Waals surface area contributed by atoms with Crippen LogP contribution in [0.15, 0.2) is 29.2 Å². The minimum absolute atomic E-state index is 0.00335. The molecule has 3 fully saturated rings. The van der Waals surface area contributed by atoms with E-state index in [1.807, 2.05) is 23.6 Å². The van der Waals surface area contributed by atoms with Crippen molar-refractivity contribution in [2.24, 2.45) is 16.8 Å². The Morgan fingerprint density at radius 1 is 1.24 bits per heavy atom. The number of primary sulfonamides is 1. The number of fused-ring (bicyclic) bond motifs is 2. The van der Waals surface area contributed by atoms with Gasteiger partial charge in [0, 0.05) is 25.7 Å². The first-order chi connectivity index (χ1) is 15.5. The molecule has 2 bridgehead atoms. The third-order valence-electron chi connectivity index (χ3n) is 7.11. The molecule has 6 atom stereocenters. The fraction of sp³-hybridized carbons (Fsp3) is 0.591. The number of sulfonamides is 1. The Morgan fingerprint density at radius 3 is 2.48 bits per heavy atom. The second-order valence-electron chi connectivity index (χ2n) is 9.48. The zero-order valence-corrected chi connectivity index (χ0v) is 19.6. The van der Waals surface area contributed by atoms with Gasteiger partial charge in [0.15, 0.2) is 0 Å². The fourth-order valence-corrected chi connectivity index (χ4v) is 5.97. The largest absolute Gasteiger partial charge is 0.330 e. The van der Waals surface area contributed by atoms with Crippen LogP contribution in [0.5, 0.6) is 0 Å². The molecule has 10 nitrogen and oxygen atoms in total. The molecule has 178 valence electrons. The van der Waals surface area contributed by atoms with Crippen molar-refractivity contribution in [3.63, 3.8) is 0 Å². The van der Waals surface area contributed by atoms with Crippen LogP contribution < -0.4 is 10.9 Å². The van der Waals surface area contributed by atoms with Crippen LogP contribution >= 0.6 is 0 Å². The van der Waals surface area contributed by atoms with Gasteiger partial charge < -0.3 is 15.5 Å². The molecule has 0 saturated carbocycles. The molecule has 1 aromatic carbocycles. The molecular weight excluding hydrogens is 444 g/mol. The van der Waals surface area contributed by atoms with Crippen LogP contribution in [0.4, 0.5) is 0 Å². The van der Waals surface area contributed by atoms with E-state index in [4.69, 9.17) is 10.9 Å². The predicted molar refractivity (Wildman–Crippen MR) is 120 cm³/mol. The standard InChI is InChI=1S/C22H30N6O4S/c1-13-7-16(9-23)27(10-13)21(29)19(24)12-26-11-17-8-20(26)22(30)28(17)14(2)15-3-5-18(6-4-15)33(25,31)32/h3-6,13-14,16-17,19-20H,7-8,10-12,24H2,1-2H3,(H2,25,31,32)/t13?,14?,16?,17-,19?,20?/m0/s1. The van der Waals surface area contributed by atoms with E-state index in [-0.39, 0.29) is 47.3 Å². The molecule has 4 rings (SSSR count). The average Bonchev–Trinajstić information content (AvgIpc) is 3.44. The minimum Gasteiger partial charge on any atom is -0.330 e. The molecule has 1 aromatic rings. The highest BCUT2D eigenvalue weighted by molar-refractivity contribution is 7.89. The van der Waals surface area contributed by atoms with Gasteiger partial charge in [-0.05, 0) is 43.4 Å². The number of benzene rings is 1. The lowest BCUT2D eigenvalue weighted by atomic mass is 10.1. The first-order valence-corrected chi connectivity index (χ1v) is 12.7. The number of rotatable bonds is 6. The smallest absolute Gasteiger partial charge is 0.241 e. The maximum atomic E-state index is 13.2. The summed E-state index contributed by atoms with van der Waals surface area (Å²) in [6, 6.07) is 6.67. The number of nitrogens with zero attached hydrogens (tertiary/aromatic N) is 4. The Hall–Kier alpha value is -2.52. The molecule has 3 aliphatic rings. The quantitative estimate of drug-likeness (QED) is 0.577. The molecule has 33 heavy (non-hydrogen) atoms. The first-order valence-electron chi connectivity index (χ1n) is 11.2. The van der Waals surface area contributed by atoms with Crippen LogP contribution in [0.1, 0.15) is 38.3 Å². The monoisotopic (exact) mass is 474 g/mol. The van der Waals surface area contributed by atoms with Gasteiger partial charge in [-0.2, -0.15) is 5.26 Å². The Morgan fingerprint density at radius 2 is 1.91 bits per heavy atom. The fourth-order valence-electron chi connectivity index (χ4n) is 5.45. The summed E-state index contributed by atoms with van der Waals surface area (Å²) in [6.07, 6.45) is 1.33. The van der Waals surface area contributed by atoms with E-state index in [2.05, 4.69) is 6.07 Å². The van der Waals surface area contributed by atoms with E-state index >= 15 is 0 Å². The van der Waals surface area contributed by atoms with Crippen molar-refractivity contribution in [1.29, 1.82) is 5.26 Å². The summed E-state index contributed by atoms with van der Waals surface area (Å²) in [5.41, 5.74) is 7.05. The lowest BCUT2D eigenvalue weighted by Gasteiger charge is -2.38. The number of likely N-dealkylation sites (tertiary alicyclic amines) is 3. The molecular formula is C22H30N6O4S. The Labute approximate surface area is 194 Å². The maximum absolute atomic E-state index is 13.2. The van der Waals surface area contributed by atoms with Gasteiger partial charge in [0.2, 0.25) is 21.8 Å². The van der Waals surface area contributed by atoms with Crippen molar-refractivity contribution in [1.82, 2.24) is 14.7 Å². The van der Waals surface area contributed by atoms with E-state index in [0.717, 1.165) is 5.56 Å². The zero-order chi connectivity index (χ0) is 24.1. The van der Waals surface area contributed by atoms with E-state index in [1.165, 1.54) is 12.1 Å². The topological polar surface area (TPSA) is 154 Å². The molecule has 4 N–H and O–H groups in total. The molecule has 0 spiro atoms. The van der Waals surface area contributed by atoms with Crippen LogP contribution in [0.2, 0.25) is 0 Å². The van der Waals surface area contributed by atoms with Crippen LogP contribution in [0.25, 0.3) is 0 Å². The molecule has 0 radical (unpaired) electrons. The van der Waals surface area contributed by atoms with Gasteiger partial charge in [-0.25, -0.2) is 13.6 Å². The minimum atomic E-state index is -3.77. The second kappa shape index (κ2) is 8.68. The summed E-state index contributed by atoms with van der Waals surface area (Å²) in [5.74, 6) is 0.0177. The third-order valence-corrected chi connectivity index (χ3v) is 8.04.